The molecule has 0 amide bonds. The van der Waals surface area contributed by atoms with Crippen molar-refractivity contribution in [1.82, 2.24) is 19.6 Å². The largest absolute Gasteiger partial charge is 0.493 e. The molecule has 136 valence electrons. The van der Waals surface area contributed by atoms with Gasteiger partial charge in [0.15, 0.2) is 17.1 Å². The molecule has 0 saturated heterocycles. The topological polar surface area (TPSA) is 70.8 Å². The number of pyridine rings is 1. The second-order valence-electron chi connectivity index (χ2n) is 5.79. The van der Waals surface area contributed by atoms with Gasteiger partial charge in [0.05, 0.1) is 38.9 Å². The highest BCUT2D eigenvalue weighted by atomic mass is 16.5. The minimum absolute atomic E-state index is 0.545. The molecule has 0 aliphatic rings. The summed E-state index contributed by atoms with van der Waals surface area (Å²) in [6, 6.07) is 11.4. The lowest BCUT2D eigenvalue weighted by molar-refractivity contribution is 0.324. The van der Waals surface area contributed by atoms with Gasteiger partial charge in [-0.3, -0.25) is 4.98 Å². The summed E-state index contributed by atoms with van der Waals surface area (Å²) in [6.07, 6.45) is 5.32. The van der Waals surface area contributed by atoms with E-state index in [4.69, 9.17) is 19.3 Å². The van der Waals surface area contributed by atoms with Crippen molar-refractivity contribution in [2.45, 2.75) is 0 Å². The Hall–Kier alpha value is -3.61. The fourth-order valence-corrected chi connectivity index (χ4v) is 2.97. The van der Waals surface area contributed by atoms with E-state index in [-0.39, 0.29) is 0 Å². The fraction of sp³-hybridized carbons (Fsp3) is 0.150. The van der Waals surface area contributed by atoms with Crippen LogP contribution in [-0.4, -0.2) is 40.9 Å². The van der Waals surface area contributed by atoms with E-state index in [9.17, 15) is 0 Å². The SMILES string of the molecule is COc1cc(-c2ccc3ncc(-c4cccnc4)n3n2)cc(OC)c1OC. The molecule has 3 aromatic heterocycles. The number of nitrogens with zero attached hydrogens (tertiary/aromatic N) is 4. The highest BCUT2D eigenvalue weighted by Gasteiger charge is 2.16. The van der Waals surface area contributed by atoms with E-state index in [1.165, 1.54) is 0 Å². The van der Waals surface area contributed by atoms with Crippen molar-refractivity contribution < 1.29 is 14.2 Å². The van der Waals surface area contributed by atoms with Gasteiger partial charge in [0, 0.05) is 23.5 Å². The number of aromatic nitrogens is 4. The molecule has 0 fully saturated rings. The Balaban J connectivity index is 1.88. The first-order valence-electron chi connectivity index (χ1n) is 8.30. The summed E-state index contributed by atoms with van der Waals surface area (Å²) in [4.78, 5) is 8.60. The number of hydrogen-bond donors (Lipinski definition) is 0. The second-order valence-corrected chi connectivity index (χ2v) is 5.79. The molecule has 0 atom stereocenters. The second kappa shape index (κ2) is 6.95. The van der Waals surface area contributed by atoms with Crippen molar-refractivity contribution in [2.24, 2.45) is 0 Å². The van der Waals surface area contributed by atoms with Crippen LogP contribution in [0.15, 0.2) is 55.0 Å². The minimum atomic E-state index is 0.545. The van der Waals surface area contributed by atoms with Crippen molar-refractivity contribution >= 4 is 5.65 Å². The number of methoxy groups -OCH3 is 3. The van der Waals surface area contributed by atoms with Crippen LogP contribution in [0.1, 0.15) is 0 Å². The number of ether oxygens (including phenoxy) is 3. The minimum Gasteiger partial charge on any atom is -0.493 e. The maximum atomic E-state index is 5.45. The zero-order valence-corrected chi connectivity index (χ0v) is 15.2. The van der Waals surface area contributed by atoms with E-state index >= 15 is 0 Å². The predicted octanol–water partition coefficient (Wildman–Crippen LogP) is 3.48. The number of imidazole rings is 1. The molecule has 4 aromatic rings. The summed E-state index contributed by atoms with van der Waals surface area (Å²) in [5, 5.41) is 4.76. The maximum absolute atomic E-state index is 5.45. The number of rotatable bonds is 5. The van der Waals surface area contributed by atoms with Gasteiger partial charge in [-0.05, 0) is 36.4 Å². The Morgan fingerprint density at radius 1 is 0.852 bits per heavy atom. The van der Waals surface area contributed by atoms with Crippen molar-refractivity contribution in [3.63, 3.8) is 0 Å². The maximum Gasteiger partial charge on any atom is 0.203 e. The van der Waals surface area contributed by atoms with Gasteiger partial charge in [-0.25, -0.2) is 9.50 Å². The molecule has 7 heteroatoms. The van der Waals surface area contributed by atoms with Crippen LogP contribution in [0.4, 0.5) is 0 Å². The molecule has 0 unspecified atom stereocenters. The molecule has 0 aliphatic carbocycles. The predicted molar refractivity (Wildman–Crippen MR) is 101 cm³/mol. The molecule has 0 saturated carbocycles. The molecule has 0 aliphatic heterocycles. The molecule has 0 spiro atoms. The molecule has 3 heterocycles. The number of benzene rings is 1. The van der Waals surface area contributed by atoms with Crippen LogP contribution in [0.5, 0.6) is 17.2 Å². The van der Waals surface area contributed by atoms with Crippen molar-refractivity contribution in [3.8, 4) is 39.8 Å². The fourth-order valence-electron chi connectivity index (χ4n) is 2.97. The third-order valence-corrected chi connectivity index (χ3v) is 4.28. The smallest absolute Gasteiger partial charge is 0.203 e. The highest BCUT2D eigenvalue weighted by molar-refractivity contribution is 5.70. The van der Waals surface area contributed by atoms with Crippen LogP contribution in [-0.2, 0) is 0 Å². The van der Waals surface area contributed by atoms with E-state index < -0.39 is 0 Å². The first-order chi connectivity index (χ1) is 13.2. The summed E-state index contributed by atoms with van der Waals surface area (Å²) in [5.74, 6) is 1.70. The zero-order chi connectivity index (χ0) is 18.8. The van der Waals surface area contributed by atoms with Crippen LogP contribution in [0.25, 0.3) is 28.2 Å². The molecule has 0 radical (unpaired) electrons. The van der Waals surface area contributed by atoms with E-state index in [1.807, 2.05) is 36.4 Å². The van der Waals surface area contributed by atoms with Crippen LogP contribution >= 0.6 is 0 Å². The normalized spacial score (nSPS) is 10.8. The summed E-state index contributed by atoms with van der Waals surface area (Å²) >= 11 is 0. The monoisotopic (exact) mass is 362 g/mol. The first kappa shape index (κ1) is 16.8. The molecule has 4 rings (SSSR count). The van der Waals surface area contributed by atoms with Crippen LogP contribution in [0, 0.1) is 0 Å². The molecule has 0 bridgehead atoms. The average molecular weight is 362 g/mol. The average Bonchev–Trinajstić information content (AvgIpc) is 3.16. The molecule has 27 heavy (non-hydrogen) atoms. The Labute approximate surface area is 156 Å². The highest BCUT2D eigenvalue weighted by Crippen LogP contribution is 2.40. The standard InChI is InChI=1S/C20H18N4O3/c1-25-17-9-14(10-18(26-2)20(17)27-3)15-6-7-19-22-12-16(24(19)23-15)13-5-4-8-21-11-13/h4-12H,1-3H3. The molecule has 7 nitrogen and oxygen atoms in total. The first-order valence-corrected chi connectivity index (χ1v) is 8.30. The molecular weight excluding hydrogens is 344 g/mol. The van der Waals surface area contributed by atoms with Gasteiger partial charge in [0.25, 0.3) is 0 Å². The van der Waals surface area contributed by atoms with Gasteiger partial charge in [0.1, 0.15) is 0 Å². The van der Waals surface area contributed by atoms with Crippen molar-refractivity contribution in [2.75, 3.05) is 21.3 Å². The van der Waals surface area contributed by atoms with Gasteiger partial charge >= 0.3 is 0 Å². The summed E-state index contributed by atoms with van der Waals surface area (Å²) in [5.41, 5.74) is 4.17. The number of hydrogen-bond acceptors (Lipinski definition) is 6. The molecule has 1 aromatic carbocycles. The Morgan fingerprint density at radius 3 is 2.26 bits per heavy atom. The Kier molecular flexibility index (Phi) is 4.33. The quantitative estimate of drug-likeness (QED) is 0.541. The number of fused-ring (bicyclic) bond motifs is 1. The lowest BCUT2D eigenvalue weighted by atomic mass is 10.1. The zero-order valence-electron chi connectivity index (χ0n) is 15.2. The van der Waals surface area contributed by atoms with Crippen LogP contribution in [0.3, 0.4) is 0 Å². The van der Waals surface area contributed by atoms with E-state index in [0.29, 0.717) is 17.2 Å². The van der Waals surface area contributed by atoms with E-state index in [1.54, 1.807) is 44.4 Å². The van der Waals surface area contributed by atoms with Crippen molar-refractivity contribution in [3.05, 3.63) is 55.0 Å². The van der Waals surface area contributed by atoms with E-state index in [2.05, 4.69) is 9.97 Å². The van der Waals surface area contributed by atoms with Gasteiger partial charge in [-0.2, -0.15) is 5.10 Å². The Morgan fingerprint density at radius 2 is 1.63 bits per heavy atom. The van der Waals surface area contributed by atoms with Crippen molar-refractivity contribution in [1.29, 1.82) is 0 Å². The molecule has 0 N–H and O–H groups in total. The Bertz CT molecular complexity index is 1070. The van der Waals surface area contributed by atoms with Gasteiger partial charge < -0.3 is 14.2 Å². The van der Waals surface area contributed by atoms with E-state index in [0.717, 1.165) is 28.2 Å². The van der Waals surface area contributed by atoms with Gasteiger partial charge in [-0.15, -0.1) is 0 Å². The van der Waals surface area contributed by atoms with Gasteiger partial charge in [-0.1, -0.05) is 0 Å². The summed E-state index contributed by atoms with van der Waals surface area (Å²) in [7, 11) is 4.76. The lowest BCUT2D eigenvalue weighted by Crippen LogP contribution is -1.99. The molecular formula is C20H18N4O3. The van der Waals surface area contributed by atoms with Crippen LogP contribution < -0.4 is 14.2 Å². The third kappa shape index (κ3) is 2.93. The summed E-state index contributed by atoms with van der Waals surface area (Å²) in [6.45, 7) is 0. The van der Waals surface area contributed by atoms with Crippen LogP contribution in [0.2, 0.25) is 0 Å². The summed E-state index contributed by atoms with van der Waals surface area (Å²) < 4.78 is 18.1. The van der Waals surface area contributed by atoms with Gasteiger partial charge in [0.2, 0.25) is 5.75 Å². The lowest BCUT2D eigenvalue weighted by Gasteiger charge is -2.14. The third-order valence-electron chi connectivity index (χ3n) is 4.28.